The van der Waals surface area contributed by atoms with E-state index >= 15 is 0 Å². The minimum Gasteiger partial charge on any atom is -0.483 e. The molecule has 0 saturated carbocycles. The second-order valence-electron chi connectivity index (χ2n) is 3.75. The van der Waals surface area contributed by atoms with Crippen LogP contribution in [0, 0.1) is 0 Å². The van der Waals surface area contributed by atoms with Gasteiger partial charge in [-0.15, -0.1) is 0 Å². The molecule has 0 atom stereocenters. The predicted octanol–water partition coefficient (Wildman–Crippen LogP) is 3.65. The van der Waals surface area contributed by atoms with Gasteiger partial charge in [0.1, 0.15) is 11.4 Å². The average Bonchev–Trinajstić information content (AvgIpc) is 2.28. The van der Waals surface area contributed by atoms with E-state index in [4.69, 9.17) is 4.74 Å². The van der Waals surface area contributed by atoms with E-state index in [0.717, 1.165) is 18.6 Å². The standard InChI is InChI=1S/C13H16O/c1-3-13(4-2)10-9-11-7-5-6-8-12(11)14-13/h5-10H,3-4H2,1-2H3. The summed E-state index contributed by atoms with van der Waals surface area (Å²) < 4.78 is 6.03. The van der Waals surface area contributed by atoms with E-state index in [1.165, 1.54) is 5.56 Å². The molecule has 1 nitrogen and oxygen atoms in total. The summed E-state index contributed by atoms with van der Waals surface area (Å²) in [4.78, 5) is 0. The Morgan fingerprint density at radius 2 is 1.86 bits per heavy atom. The normalized spacial score (nSPS) is 17.3. The Hall–Kier alpha value is -1.24. The fraction of sp³-hybridized carbons (Fsp3) is 0.385. The molecule has 0 aromatic heterocycles. The number of hydrogen-bond acceptors (Lipinski definition) is 1. The van der Waals surface area contributed by atoms with Gasteiger partial charge in [-0.1, -0.05) is 38.1 Å². The lowest BCUT2D eigenvalue weighted by Gasteiger charge is -2.33. The van der Waals surface area contributed by atoms with Crippen molar-refractivity contribution in [3.05, 3.63) is 35.9 Å². The van der Waals surface area contributed by atoms with Crippen LogP contribution in [-0.4, -0.2) is 5.60 Å². The highest BCUT2D eigenvalue weighted by Gasteiger charge is 2.28. The molecule has 0 bridgehead atoms. The lowest BCUT2D eigenvalue weighted by Crippen LogP contribution is -2.33. The summed E-state index contributed by atoms with van der Waals surface area (Å²) in [7, 11) is 0. The minimum absolute atomic E-state index is 0.0750. The lowest BCUT2D eigenvalue weighted by atomic mass is 9.93. The van der Waals surface area contributed by atoms with Crippen LogP contribution >= 0.6 is 0 Å². The number of ether oxygens (including phenoxy) is 1. The quantitative estimate of drug-likeness (QED) is 0.688. The maximum Gasteiger partial charge on any atom is 0.127 e. The molecule has 1 heteroatoms. The largest absolute Gasteiger partial charge is 0.483 e. The molecular formula is C13H16O. The van der Waals surface area contributed by atoms with E-state index in [1.54, 1.807) is 0 Å². The molecule has 0 amide bonds. The fourth-order valence-electron chi connectivity index (χ4n) is 1.84. The van der Waals surface area contributed by atoms with Gasteiger partial charge in [0.2, 0.25) is 0 Å². The van der Waals surface area contributed by atoms with Gasteiger partial charge in [0.05, 0.1) is 0 Å². The van der Waals surface area contributed by atoms with Gasteiger partial charge < -0.3 is 4.74 Å². The van der Waals surface area contributed by atoms with E-state index < -0.39 is 0 Å². The highest BCUT2D eigenvalue weighted by molar-refractivity contribution is 5.60. The number of benzene rings is 1. The van der Waals surface area contributed by atoms with Crippen LogP contribution in [0.1, 0.15) is 32.3 Å². The molecule has 1 aliphatic heterocycles. The Kier molecular flexibility index (Phi) is 2.32. The Bertz CT molecular complexity index is 348. The minimum atomic E-state index is -0.0750. The summed E-state index contributed by atoms with van der Waals surface area (Å²) in [5.74, 6) is 1.01. The van der Waals surface area contributed by atoms with Gasteiger partial charge in [0.25, 0.3) is 0 Å². The maximum atomic E-state index is 6.03. The van der Waals surface area contributed by atoms with Gasteiger partial charge in [0, 0.05) is 5.56 Å². The molecule has 0 fully saturated rings. The van der Waals surface area contributed by atoms with Crippen molar-refractivity contribution in [1.29, 1.82) is 0 Å². The van der Waals surface area contributed by atoms with Crippen molar-refractivity contribution in [2.45, 2.75) is 32.3 Å². The van der Waals surface area contributed by atoms with Crippen molar-refractivity contribution >= 4 is 6.08 Å². The maximum absolute atomic E-state index is 6.03. The first-order valence-electron chi connectivity index (χ1n) is 5.27. The highest BCUT2D eigenvalue weighted by Crippen LogP contribution is 2.34. The molecule has 0 saturated heterocycles. The first kappa shape index (κ1) is 9.32. The zero-order chi connectivity index (χ0) is 10.0. The van der Waals surface area contributed by atoms with Crippen LogP contribution in [0.25, 0.3) is 6.08 Å². The Balaban J connectivity index is 2.37. The topological polar surface area (TPSA) is 9.23 Å². The predicted molar refractivity (Wildman–Crippen MR) is 59.4 cm³/mol. The Morgan fingerprint density at radius 1 is 1.14 bits per heavy atom. The summed E-state index contributed by atoms with van der Waals surface area (Å²) in [6, 6.07) is 8.19. The lowest BCUT2D eigenvalue weighted by molar-refractivity contribution is 0.108. The van der Waals surface area contributed by atoms with Gasteiger partial charge in [-0.2, -0.15) is 0 Å². The number of rotatable bonds is 2. The third kappa shape index (κ3) is 1.43. The van der Waals surface area contributed by atoms with Crippen molar-refractivity contribution in [2.24, 2.45) is 0 Å². The van der Waals surface area contributed by atoms with Crippen LogP contribution in [0.2, 0.25) is 0 Å². The van der Waals surface area contributed by atoms with Crippen molar-refractivity contribution < 1.29 is 4.74 Å². The monoisotopic (exact) mass is 188 g/mol. The first-order valence-corrected chi connectivity index (χ1v) is 5.27. The van der Waals surface area contributed by atoms with Gasteiger partial charge in [0.15, 0.2) is 0 Å². The molecular weight excluding hydrogens is 172 g/mol. The van der Waals surface area contributed by atoms with Gasteiger partial charge in [-0.05, 0) is 25.0 Å². The number of para-hydroxylation sites is 1. The van der Waals surface area contributed by atoms with Crippen LogP contribution in [0.15, 0.2) is 30.3 Å². The molecule has 14 heavy (non-hydrogen) atoms. The van der Waals surface area contributed by atoms with Gasteiger partial charge in [-0.25, -0.2) is 0 Å². The SMILES string of the molecule is CCC1(CC)C=Cc2ccccc2O1. The second kappa shape index (κ2) is 3.49. The molecule has 2 rings (SSSR count). The van der Waals surface area contributed by atoms with Gasteiger partial charge in [-0.3, -0.25) is 0 Å². The van der Waals surface area contributed by atoms with Crippen LogP contribution in [0.4, 0.5) is 0 Å². The molecule has 1 aromatic carbocycles. The molecule has 1 aromatic rings. The Labute approximate surface area is 85.4 Å². The molecule has 0 spiro atoms. The van der Waals surface area contributed by atoms with E-state index in [0.29, 0.717) is 0 Å². The average molecular weight is 188 g/mol. The fourth-order valence-corrected chi connectivity index (χ4v) is 1.84. The van der Waals surface area contributed by atoms with Crippen LogP contribution < -0.4 is 4.74 Å². The van der Waals surface area contributed by atoms with E-state index in [2.05, 4.69) is 32.1 Å². The Morgan fingerprint density at radius 3 is 2.57 bits per heavy atom. The highest BCUT2D eigenvalue weighted by atomic mass is 16.5. The smallest absolute Gasteiger partial charge is 0.127 e. The summed E-state index contributed by atoms with van der Waals surface area (Å²) in [6.07, 6.45) is 6.41. The number of fused-ring (bicyclic) bond motifs is 1. The van der Waals surface area contributed by atoms with Crippen LogP contribution in [0.3, 0.4) is 0 Å². The summed E-state index contributed by atoms with van der Waals surface area (Å²) in [5, 5.41) is 0. The zero-order valence-electron chi connectivity index (χ0n) is 8.79. The zero-order valence-corrected chi connectivity index (χ0v) is 8.79. The third-order valence-corrected chi connectivity index (χ3v) is 3.00. The molecule has 0 radical (unpaired) electrons. The molecule has 0 N–H and O–H groups in total. The molecule has 1 heterocycles. The van der Waals surface area contributed by atoms with Crippen molar-refractivity contribution in [3.8, 4) is 5.75 Å². The van der Waals surface area contributed by atoms with E-state index in [9.17, 15) is 0 Å². The molecule has 0 aliphatic carbocycles. The third-order valence-electron chi connectivity index (χ3n) is 3.00. The number of hydrogen-bond donors (Lipinski definition) is 0. The van der Waals surface area contributed by atoms with Crippen molar-refractivity contribution in [2.75, 3.05) is 0 Å². The van der Waals surface area contributed by atoms with E-state index in [-0.39, 0.29) is 5.60 Å². The van der Waals surface area contributed by atoms with Crippen LogP contribution in [-0.2, 0) is 0 Å². The first-order chi connectivity index (χ1) is 6.79. The van der Waals surface area contributed by atoms with Crippen molar-refractivity contribution in [1.82, 2.24) is 0 Å². The van der Waals surface area contributed by atoms with Crippen molar-refractivity contribution in [3.63, 3.8) is 0 Å². The second-order valence-corrected chi connectivity index (χ2v) is 3.75. The molecule has 0 unspecified atom stereocenters. The summed E-state index contributed by atoms with van der Waals surface area (Å²) in [5.41, 5.74) is 1.11. The van der Waals surface area contributed by atoms with Crippen LogP contribution in [0.5, 0.6) is 5.75 Å². The van der Waals surface area contributed by atoms with Gasteiger partial charge >= 0.3 is 0 Å². The summed E-state index contributed by atoms with van der Waals surface area (Å²) >= 11 is 0. The molecule has 74 valence electrons. The summed E-state index contributed by atoms with van der Waals surface area (Å²) in [6.45, 7) is 4.34. The molecule has 1 aliphatic rings. The van der Waals surface area contributed by atoms with E-state index in [1.807, 2.05) is 18.2 Å².